The van der Waals surface area contributed by atoms with E-state index in [2.05, 4.69) is 36.5 Å². The molecule has 0 bridgehead atoms. The van der Waals surface area contributed by atoms with Gasteiger partial charge in [-0.15, -0.1) is 10.2 Å². The third kappa shape index (κ3) is 3.50. The number of amides is 1. The number of hydrogen-bond donors (Lipinski definition) is 1. The first kappa shape index (κ1) is 18.6. The summed E-state index contributed by atoms with van der Waals surface area (Å²) in [5.74, 6) is 1.17. The van der Waals surface area contributed by atoms with Crippen molar-refractivity contribution in [2.45, 2.75) is 13.3 Å². The van der Waals surface area contributed by atoms with Gasteiger partial charge in [-0.2, -0.15) is 9.61 Å². The number of ether oxygens (including phenoxy) is 1. The van der Waals surface area contributed by atoms with Gasteiger partial charge in [-0.25, -0.2) is 0 Å². The van der Waals surface area contributed by atoms with E-state index < -0.39 is 0 Å². The van der Waals surface area contributed by atoms with Crippen molar-refractivity contribution in [3.63, 3.8) is 0 Å². The maximum Gasteiger partial charge on any atom is 0.255 e. The zero-order chi connectivity index (χ0) is 19.7. The average molecular weight is 458 g/mol. The SMILES string of the molecule is CCc1nnc2sc(-c3ccc(OC)c(NC(=O)c4cccc(Br)c4)c3)nn12. The minimum Gasteiger partial charge on any atom is -0.495 e. The molecule has 4 aromatic rings. The van der Waals surface area contributed by atoms with E-state index in [0.717, 1.165) is 32.2 Å². The molecule has 1 N–H and O–H groups in total. The molecular formula is C19H16BrN5O2S. The van der Waals surface area contributed by atoms with Crippen LogP contribution in [0.1, 0.15) is 23.1 Å². The average Bonchev–Trinajstić information content (AvgIpc) is 3.28. The highest BCUT2D eigenvalue weighted by atomic mass is 79.9. The molecule has 9 heteroatoms. The van der Waals surface area contributed by atoms with Gasteiger partial charge in [0.05, 0.1) is 12.8 Å². The molecular weight excluding hydrogens is 442 g/mol. The van der Waals surface area contributed by atoms with Crippen LogP contribution in [0.15, 0.2) is 46.9 Å². The van der Waals surface area contributed by atoms with Crippen LogP contribution in [0, 0.1) is 0 Å². The zero-order valence-corrected chi connectivity index (χ0v) is 17.5. The Balaban J connectivity index is 1.68. The summed E-state index contributed by atoms with van der Waals surface area (Å²) >= 11 is 4.83. The molecule has 0 saturated carbocycles. The Bertz CT molecular complexity index is 1170. The number of aryl methyl sites for hydroxylation is 1. The van der Waals surface area contributed by atoms with Crippen molar-refractivity contribution < 1.29 is 9.53 Å². The quantitative estimate of drug-likeness (QED) is 0.478. The van der Waals surface area contributed by atoms with E-state index in [-0.39, 0.29) is 5.91 Å². The molecule has 0 radical (unpaired) electrons. The standard InChI is InChI=1S/C19H16BrN5O2S/c1-3-16-22-23-19-25(16)24-18(28-19)12-7-8-15(27-2)14(10-12)21-17(26)11-5-4-6-13(20)9-11/h4-10H,3H2,1-2H3,(H,21,26). The Labute approximate surface area is 173 Å². The fourth-order valence-corrected chi connectivity index (χ4v) is 4.01. The first-order valence-corrected chi connectivity index (χ1v) is 10.2. The number of nitrogens with zero attached hydrogens (tertiary/aromatic N) is 4. The lowest BCUT2D eigenvalue weighted by Gasteiger charge is -2.11. The lowest BCUT2D eigenvalue weighted by Crippen LogP contribution is -2.12. The zero-order valence-electron chi connectivity index (χ0n) is 15.1. The molecule has 0 aliphatic heterocycles. The summed E-state index contributed by atoms with van der Waals surface area (Å²) in [7, 11) is 1.57. The number of rotatable bonds is 5. The van der Waals surface area contributed by atoms with Crippen molar-refractivity contribution in [2.75, 3.05) is 12.4 Å². The summed E-state index contributed by atoms with van der Waals surface area (Å²) in [5.41, 5.74) is 1.99. The molecule has 4 rings (SSSR count). The van der Waals surface area contributed by atoms with E-state index >= 15 is 0 Å². The van der Waals surface area contributed by atoms with Gasteiger partial charge in [0.2, 0.25) is 4.96 Å². The monoisotopic (exact) mass is 457 g/mol. The number of fused-ring (bicyclic) bond motifs is 1. The smallest absolute Gasteiger partial charge is 0.255 e. The van der Waals surface area contributed by atoms with Gasteiger partial charge in [-0.3, -0.25) is 4.79 Å². The van der Waals surface area contributed by atoms with Crippen LogP contribution in [0.5, 0.6) is 5.75 Å². The fraction of sp³-hybridized carbons (Fsp3) is 0.158. The van der Waals surface area contributed by atoms with Crippen molar-refractivity contribution >= 4 is 43.8 Å². The second-order valence-corrected chi connectivity index (χ2v) is 7.82. The number of methoxy groups -OCH3 is 1. The van der Waals surface area contributed by atoms with E-state index in [9.17, 15) is 4.79 Å². The Kier molecular flexibility index (Phi) is 5.10. The summed E-state index contributed by atoms with van der Waals surface area (Å²) in [6.45, 7) is 2.01. The highest BCUT2D eigenvalue weighted by molar-refractivity contribution is 9.10. The van der Waals surface area contributed by atoms with Crippen LogP contribution in [0.3, 0.4) is 0 Å². The minimum atomic E-state index is -0.219. The molecule has 1 amide bonds. The predicted molar refractivity (Wildman–Crippen MR) is 112 cm³/mol. The largest absolute Gasteiger partial charge is 0.495 e. The third-order valence-electron chi connectivity index (χ3n) is 4.15. The maximum atomic E-state index is 12.6. The van der Waals surface area contributed by atoms with Crippen LogP contribution in [-0.4, -0.2) is 32.8 Å². The molecule has 0 aliphatic rings. The van der Waals surface area contributed by atoms with Gasteiger partial charge < -0.3 is 10.1 Å². The molecule has 0 atom stereocenters. The van der Waals surface area contributed by atoms with E-state index in [1.165, 1.54) is 11.3 Å². The summed E-state index contributed by atoms with van der Waals surface area (Å²) < 4.78 is 8.00. The summed E-state index contributed by atoms with van der Waals surface area (Å²) in [6.07, 6.45) is 0.751. The Morgan fingerprint density at radius 3 is 2.86 bits per heavy atom. The summed E-state index contributed by atoms with van der Waals surface area (Å²) in [4.78, 5) is 13.4. The van der Waals surface area contributed by atoms with Crippen molar-refractivity contribution in [3.05, 3.63) is 58.3 Å². The Morgan fingerprint density at radius 2 is 2.11 bits per heavy atom. The van der Waals surface area contributed by atoms with E-state index in [4.69, 9.17) is 4.74 Å². The Morgan fingerprint density at radius 1 is 1.25 bits per heavy atom. The molecule has 7 nitrogen and oxygen atoms in total. The molecule has 0 fully saturated rings. The van der Waals surface area contributed by atoms with Crippen molar-refractivity contribution in [3.8, 4) is 16.3 Å². The van der Waals surface area contributed by atoms with Crippen LogP contribution in [-0.2, 0) is 6.42 Å². The number of nitrogens with one attached hydrogen (secondary N) is 1. The number of hydrogen-bond acceptors (Lipinski definition) is 6. The van der Waals surface area contributed by atoms with Gasteiger partial charge in [-0.1, -0.05) is 40.3 Å². The number of anilines is 1. The van der Waals surface area contributed by atoms with Crippen LogP contribution in [0.25, 0.3) is 15.5 Å². The number of carbonyl (C=O) groups excluding carboxylic acids is 1. The molecule has 0 unspecified atom stereocenters. The van der Waals surface area contributed by atoms with Crippen LogP contribution in [0.2, 0.25) is 0 Å². The summed E-state index contributed by atoms with van der Waals surface area (Å²) in [5, 5.41) is 16.6. The van der Waals surface area contributed by atoms with E-state index in [0.29, 0.717) is 17.0 Å². The Hall–Kier alpha value is -2.78. The molecule has 0 saturated heterocycles. The van der Waals surface area contributed by atoms with Crippen molar-refractivity contribution in [2.24, 2.45) is 0 Å². The molecule has 28 heavy (non-hydrogen) atoms. The number of aromatic nitrogens is 4. The molecule has 0 spiro atoms. The molecule has 142 valence electrons. The first-order valence-electron chi connectivity index (χ1n) is 8.55. The summed E-state index contributed by atoms with van der Waals surface area (Å²) in [6, 6.07) is 12.8. The van der Waals surface area contributed by atoms with Gasteiger partial charge >= 0.3 is 0 Å². The first-order chi connectivity index (χ1) is 13.6. The number of benzene rings is 2. The van der Waals surface area contributed by atoms with Gasteiger partial charge in [0, 0.05) is 22.0 Å². The van der Waals surface area contributed by atoms with Crippen LogP contribution < -0.4 is 10.1 Å². The van der Waals surface area contributed by atoms with E-state index in [1.807, 2.05) is 37.3 Å². The molecule has 2 aromatic carbocycles. The molecule has 2 heterocycles. The third-order valence-corrected chi connectivity index (χ3v) is 5.59. The second-order valence-electron chi connectivity index (χ2n) is 5.95. The van der Waals surface area contributed by atoms with Crippen molar-refractivity contribution in [1.29, 1.82) is 0 Å². The van der Waals surface area contributed by atoms with Gasteiger partial charge in [0.25, 0.3) is 5.91 Å². The lowest BCUT2D eigenvalue weighted by molar-refractivity contribution is 0.102. The second kappa shape index (κ2) is 7.69. The molecule has 0 aliphatic carbocycles. The normalized spacial score (nSPS) is 11.0. The highest BCUT2D eigenvalue weighted by Gasteiger charge is 2.15. The number of carbonyl (C=O) groups is 1. The highest BCUT2D eigenvalue weighted by Crippen LogP contribution is 2.33. The maximum absolute atomic E-state index is 12.6. The molecule has 2 aromatic heterocycles. The number of halogens is 1. The van der Waals surface area contributed by atoms with Crippen LogP contribution in [0.4, 0.5) is 5.69 Å². The predicted octanol–water partition coefficient (Wildman–Crippen LogP) is 4.44. The van der Waals surface area contributed by atoms with Crippen molar-refractivity contribution in [1.82, 2.24) is 19.8 Å². The van der Waals surface area contributed by atoms with Gasteiger partial charge in [0.15, 0.2) is 5.82 Å². The lowest BCUT2D eigenvalue weighted by atomic mass is 10.1. The van der Waals surface area contributed by atoms with Gasteiger partial charge in [0.1, 0.15) is 10.8 Å². The minimum absolute atomic E-state index is 0.219. The van der Waals surface area contributed by atoms with Gasteiger partial charge in [-0.05, 0) is 36.4 Å². The van der Waals surface area contributed by atoms with E-state index in [1.54, 1.807) is 23.8 Å². The fourth-order valence-electron chi connectivity index (χ4n) is 2.76. The topological polar surface area (TPSA) is 81.4 Å². The van der Waals surface area contributed by atoms with Crippen LogP contribution >= 0.6 is 27.3 Å².